The lowest BCUT2D eigenvalue weighted by Crippen LogP contribution is -2.38. The highest BCUT2D eigenvalue weighted by atomic mass is 16.5. The zero-order valence-electron chi connectivity index (χ0n) is 21.1. The topological polar surface area (TPSA) is 110 Å². The van der Waals surface area contributed by atoms with E-state index in [-0.39, 0.29) is 5.70 Å². The van der Waals surface area contributed by atoms with Gasteiger partial charge < -0.3 is 19.9 Å². The van der Waals surface area contributed by atoms with Crippen LogP contribution in [0.25, 0.3) is 11.8 Å². The lowest BCUT2D eigenvalue weighted by Gasteiger charge is -2.13. The van der Waals surface area contributed by atoms with Crippen LogP contribution in [0.4, 0.5) is 10.5 Å². The van der Waals surface area contributed by atoms with E-state index in [4.69, 9.17) is 4.74 Å². The average molecular weight is 501 g/mol. The van der Waals surface area contributed by atoms with Crippen molar-refractivity contribution >= 4 is 35.6 Å². The third kappa shape index (κ3) is 5.16. The third-order valence-electron chi connectivity index (χ3n) is 6.25. The summed E-state index contributed by atoms with van der Waals surface area (Å²) in [6, 6.07) is 15.6. The number of benzene rings is 2. The van der Waals surface area contributed by atoms with Crippen LogP contribution in [0, 0.1) is 13.8 Å². The maximum atomic E-state index is 13.0. The number of anilines is 1. The highest BCUT2D eigenvalue weighted by Crippen LogP contribution is 2.24. The van der Waals surface area contributed by atoms with Gasteiger partial charge in [-0.15, -0.1) is 0 Å². The predicted molar refractivity (Wildman–Crippen MR) is 139 cm³/mol. The third-order valence-corrected chi connectivity index (χ3v) is 6.25. The number of aromatic nitrogens is 1. The van der Waals surface area contributed by atoms with Crippen LogP contribution in [0.1, 0.15) is 39.8 Å². The number of rotatable bonds is 7. The van der Waals surface area contributed by atoms with Gasteiger partial charge in [-0.3, -0.25) is 9.59 Å². The average Bonchev–Trinajstić information content (AvgIpc) is 3.32. The van der Waals surface area contributed by atoms with Gasteiger partial charge in [0.15, 0.2) is 0 Å². The van der Waals surface area contributed by atoms with Crippen molar-refractivity contribution in [3.05, 3.63) is 88.4 Å². The Morgan fingerprint density at radius 2 is 1.76 bits per heavy atom. The molecule has 0 saturated carbocycles. The molecular weight excluding hydrogens is 472 g/mol. The number of urea groups is 1. The number of esters is 1. The fourth-order valence-corrected chi connectivity index (χ4v) is 4.35. The molecule has 4 rings (SSSR count). The standard InChI is InChI=1S/C28H28N4O5/c1-5-19-8-6-7-9-23(19)29-25(33)16-31-26(34)24(30-28(31)36)15-21-14-17(2)32(18(21)3)22-12-10-20(11-13-22)27(35)37-4/h6-15H,5,16H2,1-4H3,(H,29,33)(H,30,36)/b24-15+. The molecule has 3 aromatic rings. The predicted octanol–water partition coefficient (Wildman–Crippen LogP) is 3.97. The summed E-state index contributed by atoms with van der Waals surface area (Å²) in [5.41, 5.74) is 5.46. The van der Waals surface area contributed by atoms with Gasteiger partial charge in [0.05, 0.1) is 12.7 Å². The van der Waals surface area contributed by atoms with Crippen LogP contribution in [0.5, 0.6) is 0 Å². The molecule has 0 spiro atoms. The number of carbonyl (C=O) groups excluding carboxylic acids is 4. The quantitative estimate of drug-likeness (QED) is 0.290. The minimum absolute atomic E-state index is 0.0908. The van der Waals surface area contributed by atoms with E-state index in [1.54, 1.807) is 24.3 Å². The number of hydrogen-bond donors (Lipinski definition) is 2. The Balaban J connectivity index is 1.52. The van der Waals surface area contributed by atoms with Crippen LogP contribution in [0.2, 0.25) is 0 Å². The van der Waals surface area contributed by atoms with Gasteiger partial charge in [0.25, 0.3) is 5.91 Å². The lowest BCUT2D eigenvalue weighted by atomic mass is 10.1. The molecule has 2 heterocycles. The van der Waals surface area contributed by atoms with Crippen LogP contribution in [0.15, 0.2) is 60.3 Å². The highest BCUT2D eigenvalue weighted by Gasteiger charge is 2.35. The van der Waals surface area contributed by atoms with Crippen LogP contribution in [0.3, 0.4) is 0 Å². The van der Waals surface area contributed by atoms with Crippen molar-refractivity contribution in [1.29, 1.82) is 0 Å². The normalized spacial score (nSPS) is 14.2. The van der Waals surface area contributed by atoms with E-state index in [2.05, 4.69) is 10.6 Å². The van der Waals surface area contributed by atoms with Crippen molar-refractivity contribution in [2.75, 3.05) is 19.0 Å². The van der Waals surface area contributed by atoms with Crippen molar-refractivity contribution in [2.45, 2.75) is 27.2 Å². The molecule has 1 aliphatic rings. The number of aryl methyl sites for hydroxylation is 2. The Bertz CT molecular complexity index is 1420. The van der Waals surface area contributed by atoms with Crippen molar-refractivity contribution < 1.29 is 23.9 Å². The van der Waals surface area contributed by atoms with Gasteiger partial charge in [0, 0.05) is 22.8 Å². The van der Waals surface area contributed by atoms with Crippen LogP contribution < -0.4 is 10.6 Å². The van der Waals surface area contributed by atoms with E-state index in [1.165, 1.54) is 7.11 Å². The summed E-state index contributed by atoms with van der Waals surface area (Å²) in [5, 5.41) is 5.36. The SMILES string of the molecule is CCc1ccccc1NC(=O)CN1C(=O)N/C(=C/c2cc(C)n(-c3ccc(C(=O)OC)cc3)c2C)C1=O. The van der Waals surface area contributed by atoms with Crippen molar-refractivity contribution in [3.8, 4) is 5.69 Å². The molecule has 0 atom stereocenters. The van der Waals surface area contributed by atoms with Crippen LogP contribution in [-0.2, 0) is 20.7 Å². The molecule has 1 aliphatic heterocycles. The number of para-hydroxylation sites is 1. The molecule has 0 aliphatic carbocycles. The van der Waals surface area contributed by atoms with Crippen LogP contribution >= 0.6 is 0 Å². The summed E-state index contributed by atoms with van der Waals surface area (Å²) in [4.78, 5) is 50.7. The second-order valence-electron chi connectivity index (χ2n) is 8.64. The number of ether oxygens (including phenoxy) is 1. The van der Waals surface area contributed by atoms with Gasteiger partial charge in [-0.1, -0.05) is 25.1 Å². The molecular formula is C28H28N4O5. The van der Waals surface area contributed by atoms with E-state index in [1.807, 2.05) is 61.7 Å². The van der Waals surface area contributed by atoms with E-state index in [9.17, 15) is 19.2 Å². The summed E-state index contributed by atoms with van der Waals surface area (Å²) in [6.07, 6.45) is 2.34. The lowest BCUT2D eigenvalue weighted by molar-refractivity contribution is -0.127. The number of nitrogens with zero attached hydrogens (tertiary/aromatic N) is 2. The van der Waals surface area contributed by atoms with Crippen LogP contribution in [-0.4, -0.2) is 46.9 Å². The zero-order valence-corrected chi connectivity index (χ0v) is 21.1. The second kappa shape index (κ2) is 10.5. The molecule has 9 heteroatoms. The Hall–Kier alpha value is -4.66. The number of methoxy groups -OCH3 is 1. The number of hydrogen-bond acceptors (Lipinski definition) is 5. The number of carbonyl (C=O) groups is 4. The van der Waals surface area contributed by atoms with E-state index >= 15 is 0 Å². The number of nitrogens with one attached hydrogen (secondary N) is 2. The summed E-state index contributed by atoms with van der Waals surface area (Å²) in [6.45, 7) is 5.40. The minimum Gasteiger partial charge on any atom is -0.465 e. The van der Waals surface area contributed by atoms with Gasteiger partial charge in [-0.2, -0.15) is 0 Å². The largest absolute Gasteiger partial charge is 0.465 e. The molecule has 0 radical (unpaired) electrons. The first-order chi connectivity index (χ1) is 17.7. The van der Waals surface area contributed by atoms with Gasteiger partial charge in [-0.25, -0.2) is 14.5 Å². The van der Waals surface area contributed by atoms with E-state index in [0.717, 1.165) is 39.5 Å². The molecule has 1 saturated heterocycles. The fraction of sp³-hybridized carbons (Fsp3) is 0.214. The van der Waals surface area contributed by atoms with Gasteiger partial charge in [-0.05, 0) is 73.9 Å². The Kier molecular flexibility index (Phi) is 7.24. The monoisotopic (exact) mass is 500 g/mol. The van der Waals surface area contributed by atoms with Gasteiger partial charge in [0.1, 0.15) is 12.2 Å². The fourth-order valence-electron chi connectivity index (χ4n) is 4.35. The summed E-state index contributed by atoms with van der Waals surface area (Å²) >= 11 is 0. The second-order valence-corrected chi connectivity index (χ2v) is 8.64. The molecule has 0 unspecified atom stereocenters. The highest BCUT2D eigenvalue weighted by molar-refractivity contribution is 6.16. The van der Waals surface area contributed by atoms with Crippen molar-refractivity contribution in [3.63, 3.8) is 0 Å². The maximum Gasteiger partial charge on any atom is 0.337 e. The molecule has 0 bridgehead atoms. The first kappa shape index (κ1) is 25.4. The molecule has 4 amide bonds. The first-order valence-corrected chi connectivity index (χ1v) is 11.8. The molecule has 190 valence electrons. The summed E-state index contributed by atoms with van der Waals surface area (Å²) < 4.78 is 6.73. The first-order valence-electron chi connectivity index (χ1n) is 11.8. The maximum absolute atomic E-state index is 13.0. The van der Waals surface area contributed by atoms with Crippen molar-refractivity contribution in [2.24, 2.45) is 0 Å². The molecule has 9 nitrogen and oxygen atoms in total. The van der Waals surface area contributed by atoms with Gasteiger partial charge >= 0.3 is 12.0 Å². The molecule has 2 N–H and O–H groups in total. The Morgan fingerprint density at radius 1 is 1.05 bits per heavy atom. The molecule has 2 aromatic carbocycles. The summed E-state index contributed by atoms with van der Waals surface area (Å²) in [7, 11) is 1.33. The zero-order chi connectivity index (χ0) is 26.7. The smallest absolute Gasteiger partial charge is 0.337 e. The molecule has 1 aromatic heterocycles. The van der Waals surface area contributed by atoms with E-state index < -0.39 is 30.4 Å². The molecule has 37 heavy (non-hydrogen) atoms. The number of imide groups is 1. The minimum atomic E-state index is -0.651. The van der Waals surface area contributed by atoms with E-state index in [0.29, 0.717) is 11.3 Å². The van der Waals surface area contributed by atoms with Crippen molar-refractivity contribution in [1.82, 2.24) is 14.8 Å². The Labute approximate surface area is 214 Å². The van der Waals surface area contributed by atoms with Gasteiger partial charge in [0.2, 0.25) is 5.91 Å². The number of amides is 4. The Morgan fingerprint density at radius 3 is 2.43 bits per heavy atom. The molecule has 1 fully saturated rings. The summed E-state index contributed by atoms with van der Waals surface area (Å²) in [5.74, 6) is -1.45.